The Kier molecular flexibility index (Phi) is 5.61. The van der Waals surface area contributed by atoms with Crippen molar-refractivity contribution in [3.05, 3.63) is 71.4 Å². The second kappa shape index (κ2) is 8.09. The van der Waals surface area contributed by atoms with Crippen molar-refractivity contribution in [3.8, 4) is 5.75 Å². The molecule has 1 saturated heterocycles. The van der Waals surface area contributed by atoms with Crippen LogP contribution in [0.15, 0.2) is 54.7 Å². The van der Waals surface area contributed by atoms with Crippen molar-refractivity contribution >= 4 is 11.5 Å². The summed E-state index contributed by atoms with van der Waals surface area (Å²) < 4.78 is 5.46. The maximum atomic E-state index is 12.4. The molecule has 1 aliphatic heterocycles. The highest BCUT2D eigenvalue weighted by molar-refractivity contribution is 6.05. The highest BCUT2D eigenvalue weighted by atomic mass is 16.5. The van der Waals surface area contributed by atoms with Crippen molar-refractivity contribution in [3.63, 3.8) is 0 Å². The number of carbonyl (C=O) groups excluding carboxylic acids is 1. The highest BCUT2D eigenvalue weighted by Crippen LogP contribution is 2.28. The van der Waals surface area contributed by atoms with Gasteiger partial charge in [-0.15, -0.1) is 0 Å². The molecule has 2 aromatic carbocycles. The first kappa shape index (κ1) is 18.1. The number of anilines is 1. The molecule has 0 spiro atoms. The van der Waals surface area contributed by atoms with E-state index in [1.807, 2.05) is 56.4 Å². The van der Waals surface area contributed by atoms with E-state index in [1.54, 1.807) is 13.2 Å². The Morgan fingerprint density at radius 3 is 2.46 bits per heavy atom. The molecule has 0 bridgehead atoms. The van der Waals surface area contributed by atoms with Gasteiger partial charge in [0.2, 0.25) is 0 Å². The van der Waals surface area contributed by atoms with E-state index < -0.39 is 0 Å². The minimum absolute atomic E-state index is 0.0645. The Labute approximate surface area is 155 Å². The number of methoxy groups -OCH3 is 1. The van der Waals surface area contributed by atoms with E-state index in [4.69, 9.17) is 4.74 Å². The molecule has 4 nitrogen and oxygen atoms in total. The number of allylic oxidation sites excluding steroid dienone is 1. The highest BCUT2D eigenvalue weighted by Gasteiger charge is 2.18. The van der Waals surface area contributed by atoms with E-state index in [0.29, 0.717) is 0 Å². The molecular formula is C22H26N2O2. The van der Waals surface area contributed by atoms with Crippen molar-refractivity contribution in [1.29, 1.82) is 0 Å². The molecule has 1 fully saturated rings. The third kappa shape index (κ3) is 4.07. The number of para-hydroxylation sites is 2. The predicted molar refractivity (Wildman–Crippen MR) is 106 cm³/mol. The predicted octanol–water partition coefficient (Wildman–Crippen LogP) is 3.83. The third-order valence-electron chi connectivity index (χ3n) is 4.82. The van der Waals surface area contributed by atoms with Gasteiger partial charge in [-0.05, 0) is 31.5 Å². The number of hydrogen-bond acceptors (Lipinski definition) is 4. The molecule has 136 valence electrons. The molecule has 0 atom stereocenters. The molecule has 0 radical (unpaired) electrons. The molecule has 0 aliphatic carbocycles. The van der Waals surface area contributed by atoms with Crippen molar-refractivity contribution < 1.29 is 9.53 Å². The zero-order chi connectivity index (χ0) is 18.5. The summed E-state index contributed by atoms with van der Waals surface area (Å²) in [6.45, 7) is 7.60. The fraction of sp³-hybridized carbons (Fsp3) is 0.318. The second-order valence-corrected chi connectivity index (χ2v) is 6.69. The molecule has 0 amide bonds. The number of piperazine rings is 1. The lowest BCUT2D eigenvalue weighted by molar-refractivity contribution is 0.104. The van der Waals surface area contributed by atoms with Gasteiger partial charge in [0.1, 0.15) is 5.75 Å². The summed E-state index contributed by atoms with van der Waals surface area (Å²) in [6.07, 6.45) is 3.62. The fourth-order valence-corrected chi connectivity index (χ4v) is 3.36. The third-order valence-corrected chi connectivity index (χ3v) is 4.82. The first-order valence-electron chi connectivity index (χ1n) is 9.00. The minimum atomic E-state index is 0.0645. The van der Waals surface area contributed by atoms with Gasteiger partial charge in [0.05, 0.1) is 12.8 Å². The van der Waals surface area contributed by atoms with Gasteiger partial charge in [-0.3, -0.25) is 4.79 Å². The number of ether oxygens (including phenoxy) is 1. The number of rotatable bonds is 5. The molecule has 0 unspecified atom stereocenters. The lowest BCUT2D eigenvalue weighted by Gasteiger charge is -2.36. The summed E-state index contributed by atoms with van der Waals surface area (Å²) >= 11 is 0. The van der Waals surface area contributed by atoms with Crippen LogP contribution in [0.3, 0.4) is 0 Å². The number of nitrogens with zero attached hydrogens (tertiary/aromatic N) is 2. The van der Waals surface area contributed by atoms with Gasteiger partial charge in [0.15, 0.2) is 5.78 Å². The summed E-state index contributed by atoms with van der Waals surface area (Å²) in [5.74, 6) is 0.969. The lowest BCUT2D eigenvalue weighted by atomic mass is 10.0. The standard InChI is InChI=1S/C22H26N2O2/c1-17-8-9-19(18(2)16-17)21(25)10-11-23-12-14-24(15-13-23)20-6-4-5-7-22(20)26-3/h4-11,16H,12-15H2,1-3H3/b11-10+. The average Bonchev–Trinajstić information content (AvgIpc) is 2.66. The lowest BCUT2D eigenvalue weighted by Crippen LogP contribution is -2.44. The Morgan fingerprint density at radius 1 is 1.04 bits per heavy atom. The van der Waals surface area contributed by atoms with Crippen molar-refractivity contribution in [2.45, 2.75) is 13.8 Å². The van der Waals surface area contributed by atoms with E-state index in [-0.39, 0.29) is 5.78 Å². The quantitative estimate of drug-likeness (QED) is 0.606. The van der Waals surface area contributed by atoms with Crippen molar-refractivity contribution in [2.75, 3.05) is 38.2 Å². The van der Waals surface area contributed by atoms with E-state index in [1.165, 1.54) is 5.56 Å². The summed E-state index contributed by atoms with van der Waals surface area (Å²) in [5, 5.41) is 0. The van der Waals surface area contributed by atoms with Gasteiger partial charge < -0.3 is 14.5 Å². The van der Waals surface area contributed by atoms with Gasteiger partial charge in [-0.1, -0.05) is 35.9 Å². The Hall–Kier alpha value is -2.75. The average molecular weight is 350 g/mol. The molecule has 3 rings (SSSR count). The maximum absolute atomic E-state index is 12.4. The van der Waals surface area contributed by atoms with Crippen LogP contribution in [-0.4, -0.2) is 44.0 Å². The molecule has 0 saturated carbocycles. The monoisotopic (exact) mass is 350 g/mol. The largest absolute Gasteiger partial charge is 0.495 e. The number of hydrogen-bond donors (Lipinski definition) is 0. The van der Waals surface area contributed by atoms with Crippen molar-refractivity contribution in [1.82, 2.24) is 4.90 Å². The fourth-order valence-electron chi connectivity index (χ4n) is 3.36. The molecule has 1 heterocycles. The first-order valence-corrected chi connectivity index (χ1v) is 9.00. The van der Waals surface area contributed by atoms with Crippen molar-refractivity contribution in [2.24, 2.45) is 0 Å². The van der Waals surface area contributed by atoms with Gasteiger partial charge in [0, 0.05) is 44.0 Å². The van der Waals surface area contributed by atoms with E-state index in [9.17, 15) is 4.79 Å². The van der Waals surface area contributed by atoms with Crippen LogP contribution in [-0.2, 0) is 0 Å². The molecule has 4 heteroatoms. The van der Waals surface area contributed by atoms with E-state index in [2.05, 4.69) is 15.9 Å². The van der Waals surface area contributed by atoms with Gasteiger partial charge in [0.25, 0.3) is 0 Å². The van der Waals surface area contributed by atoms with Crippen LogP contribution in [0.5, 0.6) is 5.75 Å². The SMILES string of the molecule is COc1ccccc1N1CCN(/C=C/C(=O)c2ccc(C)cc2C)CC1. The Bertz CT molecular complexity index is 806. The van der Waals surface area contributed by atoms with Gasteiger partial charge in [-0.25, -0.2) is 0 Å². The van der Waals surface area contributed by atoms with Crippen LogP contribution in [0.25, 0.3) is 0 Å². The minimum Gasteiger partial charge on any atom is -0.495 e. The maximum Gasteiger partial charge on any atom is 0.187 e. The summed E-state index contributed by atoms with van der Waals surface area (Å²) in [6, 6.07) is 14.1. The number of aryl methyl sites for hydroxylation is 2. The van der Waals surface area contributed by atoms with Gasteiger partial charge in [-0.2, -0.15) is 0 Å². The Morgan fingerprint density at radius 2 is 1.77 bits per heavy atom. The van der Waals surface area contributed by atoms with Crippen LogP contribution in [0, 0.1) is 13.8 Å². The molecule has 0 aromatic heterocycles. The topological polar surface area (TPSA) is 32.8 Å². The zero-order valence-corrected chi connectivity index (χ0v) is 15.7. The van der Waals surface area contributed by atoms with Crippen LogP contribution in [0.2, 0.25) is 0 Å². The van der Waals surface area contributed by atoms with E-state index >= 15 is 0 Å². The van der Waals surface area contributed by atoms with Crippen LogP contribution < -0.4 is 9.64 Å². The molecule has 0 N–H and O–H groups in total. The number of ketones is 1. The zero-order valence-electron chi connectivity index (χ0n) is 15.7. The molecule has 2 aromatic rings. The normalized spacial score (nSPS) is 14.7. The molecule has 1 aliphatic rings. The molecular weight excluding hydrogens is 324 g/mol. The summed E-state index contributed by atoms with van der Waals surface area (Å²) in [4.78, 5) is 17.0. The second-order valence-electron chi connectivity index (χ2n) is 6.69. The number of carbonyl (C=O) groups is 1. The Balaban J connectivity index is 1.60. The van der Waals surface area contributed by atoms with Gasteiger partial charge >= 0.3 is 0 Å². The van der Waals surface area contributed by atoms with Crippen LogP contribution >= 0.6 is 0 Å². The smallest absolute Gasteiger partial charge is 0.187 e. The first-order chi connectivity index (χ1) is 12.6. The van der Waals surface area contributed by atoms with E-state index in [0.717, 1.165) is 48.7 Å². The number of benzene rings is 2. The van der Waals surface area contributed by atoms with Crippen LogP contribution in [0.1, 0.15) is 21.5 Å². The molecule has 26 heavy (non-hydrogen) atoms. The summed E-state index contributed by atoms with van der Waals surface area (Å²) in [7, 11) is 1.70. The summed E-state index contributed by atoms with van der Waals surface area (Å²) in [5.41, 5.74) is 4.11. The van der Waals surface area contributed by atoms with Crippen LogP contribution in [0.4, 0.5) is 5.69 Å².